The maximum Gasteiger partial charge on any atom is 0.231 e. The lowest BCUT2D eigenvalue weighted by Gasteiger charge is -2.19. The molecule has 4 N–H and O–H groups in total. The van der Waals surface area contributed by atoms with E-state index in [1.54, 1.807) is 0 Å². The van der Waals surface area contributed by atoms with Crippen molar-refractivity contribution in [2.24, 2.45) is 11.5 Å². The first-order chi connectivity index (χ1) is 7.19. The molecule has 1 heterocycles. The molecule has 0 spiro atoms. The molecule has 1 aromatic rings. The number of benzene rings is 1. The molecule has 0 aromatic heterocycles. The van der Waals surface area contributed by atoms with E-state index in [-0.39, 0.29) is 11.6 Å². The van der Waals surface area contributed by atoms with Crippen molar-refractivity contribution in [2.75, 3.05) is 6.79 Å². The van der Waals surface area contributed by atoms with E-state index in [4.69, 9.17) is 20.9 Å². The van der Waals surface area contributed by atoms with Gasteiger partial charge in [0.2, 0.25) is 6.79 Å². The predicted octanol–water partition coefficient (Wildman–Crippen LogP) is 0.906. The van der Waals surface area contributed by atoms with E-state index in [1.807, 2.05) is 18.2 Å². The maximum atomic E-state index is 6.11. The third-order valence-corrected chi connectivity index (χ3v) is 3.20. The highest BCUT2D eigenvalue weighted by atomic mass is 16.7. The Kier molecular flexibility index (Phi) is 1.72. The minimum Gasteiger partial charge on any atom is -0.454 e. The predicted molar refractivity (Wildman–Crippen MR) is 55.6 cm³/mol. The molecule has 4 nitrogen and oxygen atoms in total. The fourth-order valence-electron chi connectivity index (χ4n) is 1.89. The first kappa shape index (κ1) is 9.00. The van der Waals surface area contributed by atoms with E-state index in [0.717, 1.165) is 29.9 Å². The Morgan fingerprint density at radius 1 is 1.20 bits per heavy atom. The quantitative estimate of drug-likeness (QED) is 0.754. The average molecular weight is 206 g/mol. The lowest BCUT2D eigenvalue weighted by Crippen LogP contribution is -2.36. The molecule has 1 atom stereocenters. The molecule has 2 aliphatic rings. The van der Waals surface area contributed by atoms with Gasteiger partial charge in [-0.3, -0.25) is 0 Å². The Hall–Kier alpha value is -1.26. The van der Waals surface area contributed by atoms with E-state index in [9.17, 15) is 0 Å². The summed E-state index contributed by atoms with van der Waals surface area (Å²) in [5.74, 6) is 1.56. The van der Waals surface area contributed by atoms with Crippen molar-refractivity contribution in [3.63, 3.8) is 0 Å². The smallest absolute Gasteiger partial charge is 0.231 e. The summed E-state index contributed by atoms with van der Waals surface area (Å²) in [5.41, 5.74) is 13.0. The van der Waals surface area contributed by atoms with Gasteiger partial charge in [-0.25, -0.2) is 0 Å². The van der Waals surface area contributed by atoms with E-state index in [0.29, 0.717) is 6.79 Å². The van der Waals surface area contributed by atoms with Crippen LogP contribution >= 0.6 is 0 Å². The minimum atomic E-state index is -0.201. The van der Waals surface area contributed by atoms with Crippen LogP contribution in [0.3, 0.4) is 0 Å². The molecule has 3 rings (SSSR count). The second-order valence-electron chi connectivity index (χ2n) is 4.32. The highest BCUT2D eigenvalue weighted by Crippen LogP contribution is 2.44. The van der Waals surface area contributed by atoms with E-state index in [2.05, 4.69) is 0 Å². The molecular formula is C11H14N2O2. The Morgan fingerprint density at radius 2 is 1.93 bits per heavy atom. The molecule has 0 radical (unpaired) electrons. The first-order valence-corrected chi connectivity index (χ1v) is 5.13. The molecule has 1 aliphatic heterocycles. The summed E-state index contributed by atoms with van der Waals surface area (Å²) >= 11 is 0. The van der Waals surface area contributed by atoms with Crippen LogP contribution < -0.4 is 20.9 Å². The van der Waals surface area contributed by atoms with Crippen LogP contribution in [0.1, 0.15) is 24.4 Å². The number of ether oxygens (including phenoxy) is 2. The minimum absolute atomic E-state index is 0.105. The van der Waals surface area contributed by atoms with Gasteiger partial charge in [-0.05, 0) is 30.5 Å². The van der Waals surface area contributed by atoms with Crippen LogP contribution in [-0.2, 0) is 0 Å². The number of hydrogen-bond donors (Lipinski definition) is 2. The van der Waals surface area contributed by atoms with Crippen LogP contribution in [0.15, 0.2) is 18.2 Å². The van der Waals surface area contributed by atoms with Gasteiger partial charge >= 0.3 is 0 Å². The van der Waals surface area contributed by atoms with Gasteiger partial charge in [-0.2, -0.15) is 0 Å². The lowest BCUT2D eigenvalue weighted by molar-refractivity contribution is 0.174. The van der Waals surface area contributed by atoms with Crippen molar-refractivity contribution >= 4 is 0 Å². The molecule has 0 bridgehead atoms. The zero-order valence-electron chi connectivity index (χ0n) is 8.40. The number of nitrogens with two attached hydrogens (primary N) is 2. The van der Waals surface area contributed by atoms with E-state index in [1.165, 1.54) is 0 Å². The summed E-state index contributed by atoms with van der Waals surface area (Å²) in [5, 5.41) is 0. The highest BCUT2D eigenvalue weighted by Gasteiger charge is 2.44. The monoisotopic (exact) mass is 206 g/mol. The van der Waals surface area contributed by atoms with Gasteiger partial charge in [0.25, 0.3) is 0 Å². The van der Waals surface area contributed by atoms with Gasteiger partial charge in [0, 0.05) is 11.6 Å². The van der Waals surface area contributed by atoms with Gasteiger partial charge in [-0.15, -0.1) is 0 Å². The summed E-state index contributed by atoms with van der Waals surface area (Å²) in [6.45, 7) is 0.293. The standard InChI is InChI=1S/C11H14N2O2/c12-10(11(13)3-4-11)7-1-2-8-9(5-7)15-6-14-8/h1-2,5,10H,3-4,6,12-13H2. The van der Waals surface area contributed by atoms with Crippen molar-refractivity contribution in [1.29, 1.82) is 0 Å². The maximum absolute atomic E-state index is 6.11. The Bertz CT molecular complexity index is 402. The molecule has 1 saturated carbocycles. The average Bonchev–Trinajstić information content (AvgIpc) is 2.82. The van der Waals surface area contributed by atoms with Gasteiger partial charge in [-0.1, -0.05) is 6.07 Å². The molecule has 0 saturated heterocycles. The summed E-state index contributed by atoms with van der Waals surface area (Å²) in [6, 6.07) is 5.68. The summed E-state index contributed by atoms with van der Waals surface area (Å²) in [6.07, 6.45) is 2.01. The normalized spacial score (nSPS) is 22.5. The number of rotatable bonds is 2. The van der Waals surface area contributed by atoms with Gasteiger partial charge in [0.1, 0.15) is 0 Å². The van der Waals surface area contributed by atoms with Crippen LogP contribution in [0.5, 0.6) is 11.5 Å². The van der Waals surface area contributed by atoms with Crippen molar-refractivity contribution in [3.05, 3.63) is 23.8 Å². The molecular weight excluding hydrogens is 192 g/mol. The highest BCUT2D eigenvalue weighted by molar-refractivity contribution is 5.46. The van der Waals surface area contributed by atoms with Crippen LogP contribution in [0.4, 0.5) is 0 Å². The topological polar surface area (TPSA) is 70.5 Å². The third-order valence-electron chi connectivity index (χ3n) is 3.20. The molecule has 80 valence electrons. The van der Waals surface area contributed by atoms with Gasteiger partial charge in [0.15, 0.2) is 11.5 Å². The zero-order chi connectivity index (χ0) is 10.5. The number of fused-ring (bicyclic) bond motifs is 1. The molecule has 1 unspecified atom stereocenters. The lowest BCUT2D eigenvalue weighted by atomic mass is 9.98. The molecule has 15 heavy (non-hydrogen) atoms. The van der Waals surface area contributed by atoms with Gasteiger partial charge in [0.05, 0.1) is 0 Å². The fraction of sp³-hybridized carbons (Fsp3) is 0.455. The largest absolute Gasteiger partial charge is 0.454 e. The van der Waals surface area contributed by atoms with Crippen molar-refractivity contribution in [2.45, 2.75) is 24.4 Å². The van der Waals surface area contributed by atoms with Crippen LogP contribution in [0, 0.1) is 0 Å². The summed E-state index contributed by atoms with van der Waals surface area (Å²) in [7, 11) is 0. The second-order valence-corrected chi connectivity index (χ2v) is 4.32. The molecule has 0 amide bonds. The fourth-order valence-corrected chi connectivity index (χ4v) is 1.89. The van der Waals surface area contributed by atoms with E-state index >= 15 is 0 Å². The zero-order valence-corrected chi connectivity index (χ0v) is 8.40. The molecule has 4 heteroatoms. The third kappa shape index (κ3) is 1.37. The Labute approximate surface area is 88.2 Å². The Balaban J connectivity index is 1.92. The van der Waals surface area contributed by atoms with Crippen molar-refractivity contribution in [1.82, 2.24) is 0 Å². The molecule has 1 aliphatic carbocycles. The van der Waals surface area contributed by atoms with Crippen molar-refractivity contribution < 1.29 is 9.47 Å². The van der Waals surface area contributed by atoms with Crippen molar-refractivity contribution in [3.8, 4) is 11.5 Å². The van der Waals surface area contributed by atoms with E-state index < -0.39 is 0 Å². The SMILES string of the molecule is NC(c1ccc2c(c1)OCO2)C1(N)CC1. The summed E-state index contributed by atoms with van der Waals surface area (Å²) in [4.78, 5) is 0. The van der Waals surface area contributed by atoms with Crippen LogP contribution in [0.2, 0.25) is 0 Å². The van der Waals surface area contributed by atoms with Crippen LogP contribution in [0.25, 0.3) is 0 Å². The number of hydrogen-bond acceptors (Lipinski definition) is 4. The molecule has 1 aromatic carbocycles. The molecule has 1 fully saturated rings. The second kappa shape index (κ2) is 2.87. The Morgan fingerprint density at radius 3 is 2.67 bits per heavy atom. The summed E-state index contributed by atoms with van der Waals surface area (Å²) < 4.78 is 10.5. The first-order valence-electron chi connectivity index (χ1n) is 5.13. The van der Waals surface area contributed by atoms with Gasteiger partial charge < -0.3 is 20.9 Å². The van der Waals surface area contributed by atoms with Crippen LogP contribution in [-0.4, -0.2) is 12.3 Å².